The molecule has 0 heterocycles. The van der Waals surface area contributed by atoms with Crippen molar-refractivity contribution < 1.29 is 9.53 Å². The minimum Gasteiger partial charge on any atom is -0.484 e. The van der Waals surface area contributed by atoms with Crippen molar-refractivity contribution in [3.63, 3.8) is 0 Å². The van der Waals surface area contributed by atoms with Crippen molar-refractivity contribution in [3.05, 3.63) is 65.7 Å². The number of ether oxygens (including phenoxy) is 1. The topological polar surface area (TPSA) is 38.3 Å². The van der Waals surface area contributed by atoms with Crippen molar-refractivity contribution in [2.75, 3.05) is 6.61 Å². The molecule has 0 aliphatic heterocycles. The molecule has 2 rings (SSSR count). The van der Waals surface area contributed by atoms with Crippen LogP contribution in [0.5, 0.6) is 5.75 Å². The molecule has 3 heteroatoms. The molecule has 2 aromatic rings. The van der Waals surface area contributed by atoms with Crippen LogP contribution in [0, 0.1) is 6.92 Å². The largest absolute Gasteiger partial charge is 0.484 e. The van der Waals surface area contributed by atoms with Crippen molar-refractivity contribution >= 4 is 5.91 Å². The van der Waals surface area contributed by atoms with Gasteiger partial charge in [0, 0.05) is 6.04 Å². The minimum absolute atomic E-state index is 0.0543. The van der Waals surface area contributed by atoms with E-state index < -0.39 is 0 Å². The van der Waals surface area contributed by atoms with Crippen LogP contribution in [0.25, 0.3) is 0 Å². The van der Waals surface area contributed by atoms with Gasteiger partial charge in [0.25, 0.3) is 5.91 Å². The summed E-state index contributed by atoms with van der Waals surface area (Å²) in [6, 6.07) is 18.1. The lowest BCUT2D eigenvalue weighted by atomic mass is 10.1. The Balaban J connectivity index is 1.68. The van der Waals surface area contributed by atoms with E-state index in [4.69, 9.17) is 4.74 Å². The van der Waals surface area contributed by atoms with Gasteiger partial charge in [-0.1, -0.05) is 48.0 Å². The lowest BCUT2D eigenvalue weighted by Gasteiger charge is -2.14. The van der Waals surface area contributed by atoms with Gasteiger partial charge >= 0.3 is 0 Å². The number of hydrogen-bond donors (Lipinski definition) is 1. The van der Waals surface area contributed by atoms with E-state index in [0.29, 0.717) is 0 Å². The molecule has 0 bridgehead atoms. The first-order valence-electron chi connectivity index (χ1n) is 7.66. The molecule has 1 unspecified atom stereocenters. The molecular weight excluding hydrogens is 274 g/mol. The summed E-state index contributed by atoms with van der Waals surface area (Å²) in [6.07, 6.45) is 1.88. The van der Waals surface area contributed by atoms with Gasteiger partial charge in [0.1, 0.15) is 5.75 Å². The van der Waals surface area contributed by atoms with Crippen molar-refractivity contribution in [3.8, 4) is 5.75 Å². The maximum absolute atomic E-state index is 11.9. The van der Waals surface area contributed by atoms with Gasteiger partial charge in [0.05, 0.1) is 0 Å². The van der Waals surface area contributed by atoms with Crippen molar-refractivity contribution in [2.45, 2.75) is 32.7 Å². The monoisotopic (exact) mass is 297 g/mol. The van der Waals surface area contributed by atoms with Gasteiger partial charge in [-0.3, -0.25) is 4.79 Å². The Hall–Kier alpha value is -2.29. The Morgan fingerprint density at radius 1 is 1.09 bits per heavy atom. The van der Waals surface area contributed by atoms with Crippen molar-refractivity contribution in [1.29, 1.82) is 0 Å². The van der Waals surface area contributed by atoms with E-state index in [9.17, 15) is 4.79 Å². The second-order valence-corrected chi connectivity index (χ2v) is 5.59. The van der Waals surface area contributed by atoms with Crippen molar-refractivity contribution in [2.24, 2.45) is 0 Å². The molecule has 0 spiro atoms. The van der Waals surface area contributed by atoms with E-state index in [2.05, 4.69) is 17.4 Å². The lowest BCUT2D eigenvalue weighted by molar-refractivity contribution is -0.123. The van der Waals surface area contributed by atoms with Gasteiger partial charge in [-0.25, -0.2) is 0 Å². The number of rotatable bonds is 7. The molecule has 3 nitrogen and oxygen atoms in total. The van der Waals surface area contributed by atoms with E-state index in [1.165, 1.54) is 11.1 Å². The van der Waals surface area contributed by atoms with Crippen LogP contribution in [0.4, 0.5) is 0 Å². The quantitative estimate of drug-likeness (QED) is 0.849. The average molecular weight is 297 g/mol. The van der Waals surface area contributed by atoms with Crippen molar-refractivity contribution in [1.82, 2.24) is 5.32 Å². The van der Waals surface area contributed by atoms with E-state index in [-0.39, 0.29) is 18.6 Å². The fourth-order valence-electron chi connectivity index (χ4n) is 2.20. The third kappa shape index (κ3) is 5.60. The van der Waals surface area contributed by atoms with Crippen LogP contribution in [0.15, 0.2) is 54.6 Å². The Morgan fingerprint density at radius 3 is 2.45 bits per heavy atom. The zero-order valence-electron chi connectivity index (χ0n) is 13.2. The normalized spacial score (nSPS) is 11.7. The molecular formula is C19H23NO2. The summed E-state index contributed by atoms with van der Waals surface area (Å²) in [6.45, 7) is 4.09. The van der Waals surface area contributed by atoms with Crippen LogP contribution in [-0.4, -0.2) is 18.6 Å². The van der Waals surface area contributed by atoms with Crippen LogP contribution in [0.1, 0.15) is 24.5 Å². The summed E-state index contributed by atoms with van der Waals surface area (Å²) in [5.74, 6) is 0.638. The van der Waals surface area contributed by atoms with Crippen LogP contribution >= 0.6 is 0 Å². The molecule has 0 aliphatic rings. The molecule has 0 radical (unpaired) electrons. The highest BCUT2D eigenvalue weighted by Gasteiger charge is 2.08. The predicted octanol–water partition coefficient (Wildman–Crippen LogP) is 3.51. The van der Waals surface area contributed by atoms with E-state index in [0.717, 1.165) is 18.6 Å². The van der Waals surface area contributed by atoms with E-state index >= 15 is 0 Å². The molecule has 1 amide bonds. The summed E-state index contributed by atoms with van der Waals surface area (Å²) in [4.78, 5) is 11.9. The fraction of sp³-hybridized carbons (Fsp3) is 0.316. The highest BCUT2D eigenvalue weighted by Crippen LogP contribution is 2.11. The highest BCUT2D eigenvalue weighted by atomic mass is 16.5. The van der Waals surface area contributed by atoms with E-state index in [1.54, 1.807) is 0 Å². The number of amides is 1. The second kappa shape index (κ2) is 8.23. The standard InChI is InChI=1S/C19H23NO2/c1-15-8-12-18(13-9-15)22-14-19(21)20-16(2)10-11-17-6-4-3-5-7-17/h3-9,12-13,16H,10-11,14H2,1-2H3,(H,20,21). The predicted molar refractivity (Wildman–Crippen MR) is 89.0 cm³/mol. The average Bonchev–Trinajstić information content (AvgIpc) is 2.53. The van der Waals surface area contributed by atoms with Gasteiger partial charge in [0.2, 0.25) is 0 Å². The zero-order valence-corrected chi connectivity index (χ0v) is 13.2. The molecule has 2 aromatic carbocycles. The number of carbonyl (C=O) groups excluding carboxylic acids is 1. The molecule has 116 valence electrons. The molecule has 0 saturated carbocycles. The Labute approximate surface area is 132 Å². The first-order valence-corrected chi connectivity index (χ1v) is 7.66. The Kier molecular flexibility index (Phi) is 6.01. The lowest BCUT2D eigenvalue weighted by Crippen LogP contribution is -2.36. The summed E-state index contributed by atoms with van der Waals surface area (Å²) in [5.41, 5.74) is 2.46. The maximum Gasteiger partial charge on any atom is 0.258 e. The van der Waals surface area contributed by atoms with Crippen LogP contribution < -0.4 is 10.1 Å². The maximum atomic E-state index is 11.9. The molecule has 0 saturated heterocycles. The van der Waals surface area contributed by atoms with Crippen LogP contribution in [-0.2, 0) is 11.2 Å². The minimum atomic E-state index is -0.0823. The summed E-state index contributed by atoms with van der Waals surface area (Å²) >= 11 is 0. The Bertz CT molecular complexity index is 578. The molecule has 1 N–H and O–H groups in total. The number of aryl methyl sites for hydroxylation is 2. The molecule has 0 aliphatic carbocycles. The molecule has 0 aromatic heterocycles. The highest BCUT2D eigenvalue weighted by molar-refractivity contribution is 5.77. The second-order valence-electron chi connectivity index (χ2n) is 5.59. The molecule has 1 atom stereocenters. The number of hydrogen-bond acceptors (Lipinski definition) is 2. The Morgan fingerprint density at radius 2 is 1.77 bits per heavy atom. The van der Waals surface area contributed by atoms with Crippen LogP contribution in [0.3, 0.4) is 0 Å². The van der Waals surface area contributed by atoms with Gasteiger partial charge in [-0.05, 0) is 44.4 Å². The third-order valence-electron chi connectivity index (χ3n) is 3.51. The molecule has 22 heavy (non-hydrogen) atoms. The van der Waals surface area contributed by atoms with Crippen LogP contribution in [0.2, 0.25) is 0 Å². The third-order valence-corrected chi connectivity index (χ3v) is 3.51. The number of benzene rings is 2. The fourth-order valence-corrected chi connectivity index (χ4v) is 2.20. The van der Waals surface area contributed by atoms with Gasteiger partial charge < -0.3 is 10.1 Å². The first-order chi connectivity index (χ1) is 10.6. The van der Waals surface area contributed by atoms with E-state index in [1.807, 2.05) is 56.3 Å². The first kappa shape index (κ1) is 16.1. The number of nitrogens with one attached hydrogen (secondary N) is 1. The zero-order chi connectivity index (χ0) is 15.8. The van der Waals surface area contributed by atoms with Gasteiger partial charge in [-0.2, -0.15) is 0 Å². The van der Waals surface area contributed by atoms with Gasteiger partial charge in [0.15, 0.2) is 6.61 Å². The number of carbonyl (C=O) groups is 1. The summed E-state index contributed by atoms with van der Waals surface area (Å²) in [5, 5.41) is 2.97. The molecule has 0 fully saturated rings. The smallest absolute Gasteiger partial charge is 0.258 e. The summed E-state index contributed by atoms with van der Waals surface area (Å²) in [7, 11) is 0. The van der Waals surface area contributed by atoms with Gasteiger partial charge in [-0.15, -0.1) is 0 Å². The SMILES string of the molecule is Cc1ccc(OCC(=O)NC(C)CCc2ccccc2)cc1. The summed E-state index contributed by atoms with van der Waals surface area (Å²) < 4.78 is 5.47.